The number of amides is 1. The van der Waals surface area contributed by atoms with Crippen molar-refractivity contribution in [2.45, 2.75) is 20.8 Å². The molecule has 0 aromatic rings. The van der Waals surface area contributed by atoms with Crippen molar-refractivity contribution in [1.29, 1.82) is 0 Å². The third kappa shape index (κ3) is 4.89. The second-order valence-corrected chi connectivity index (χ2v) is 4.81. The molecule has 0 aromatic heterocycles. The minimum Gasteiger partial charge on any atom is -0.449 e. The van der Waals surface area contributed by atoms with E-state index in [4.69, 9.17) is 13.8 Å². The predicted molar refractivity (Wildman–Crippen MR) is 64.8 cm³/mol. The Morgan fingerprint density at radius 2 is 1.76 bits per heavy atom. The van der Waals surface area contributed by atoms with E-state index in [-0.39, 0.29) is 26.4 Å². The highest BCUT2D eigenvalue weighted by molar-refractivity contribution is 7.52. The Kier molecular flexibility index (Phi) is 7.87. The predicted octanol–water partition coefficient (Wildman–Crippen LogP) is 2.81. The first-order valence-electron chi connectivity index (χ1n) is 5.50. The largest absolute Gasteiger partial charge is 0.449 e. The fourth-order valence-electron chi connectivity index (χ4n) is 1.10. The zero-order valence-corrected chi connectivity index (χ0v) is 11.4. The molecular weight excluding hydrogens is 245 g/mol. The lowest BCUT2D eigenvalue weighted by atomic mass is 10.6. The van der Waals surface area contributed by atoms with Gasteiger partial charge in [0.2, 0.25) is 0 Å². The SMILES string of the molecule is C=CCN(C(=O)OCC)P(=O)(OCC)OCC. The Morgan fingerprint density at radius 3 is 2.12 bits per heavy atom. The second-order valence-electron chi connectivity index (χ2n) is 2.87. The van der Waals surface area contributed by atoms with Crippen LogP contribution in [-0.2, 0) is 18.3 Å². The highest BCUT2D eigenvalue weighted by atomic mass is 31.2. The lowest BCUT2D eigenvalue weighted by Crippen LogP contribution is -2.30. The molecule has 0 aliphatic heterocycles. The van der Waals surface area contributed by atoms with Gasteiger partial charge in [-0.25, -0.2) is 14.0 Å². The van der Waals surface area contributed by atoms with Gasteiger partial charge in [0.05, 0.1) is 26.4 Å². The van der Waals surface area contributed by atoms with Crippen LogP contribution in [0.1, 0.15) is 20.8 Å². The van der Waals surface area contributed by atoms with Crippen molar-refractivity contribution in [3.05, 3.63) is 12.7 Å². The van der Waals surface area contributed by atoms with Gasteiger partial charge < -0.3 is 4.74 Å². The lowest BCUT2D eigenvalue weighted by Gasteiger charge is -2.27. The quantitative estimate of drug-likeness (QED) is 0.498. The molecule has 0 heterocycles. The highest BCUT2D eigenvalue weighted by Crippen LogP contribution is 2.52. The fraction of sp³-hybridized carbons (Fsp3) is 0.700. The molecule has 0 aliphatic carbocycles. The normalized spacial score (nSPS) is 11.0. The number of rotatable bonds is 8. The summed E-state index contributed by atoms with van der Waals surface area (Å²) in [6.45, 7) is 9.06. The summed E-state index contributed by atoms with van der Waals surface area (Å²) in [5, 5.41) is 0. The minimum absolute atomic E-state index is 0.0378. The van der Waals surface area contributed by atoms with Crippen molar-refractivity contribution in [1.82, 2.24) is 4.67 Å². The Bertz CT molecular complexity index is 284. The van der Waals surface area contributed by atoms with E-state index in [0.717, 1.165) is 4.67 Å². The van der Waals surface area contributed by atoms with Crippen LogP contribution in [0, 0.1) is 0 Å². The number of nitrogens with zero attached hydrogens (tertiary/aromatic N) is 1. The van der Waals surface area contributed by atoms with Crippen LogP contribution in [0.3, 0.4) is 0 Å². The summed E-state index contributed by atoms with van der Waals surface area (Å²) in [6, 6.07) is 0. The van der Waals surface area contributed by atoms with Gasteiger partial charge in [0.25, 0.3) is 0 Å². The average Bonchev–Trinajstić information content (AvgIpc) is 2.26. The van der Waals surface area contributed by atoms with Crippen LogP contribution in [0.25, 0.3) is 0 Å². The maximum atomic E-state index is 12.4. The van der Waals surface area contributed by atoms with E-state index in [1.165, 1.54) is 6.08 Å². The molecule has 0 aromatic carbocycles. The van der Waals surface area contributed by atoms with Gasteiger partial charge in [0, 0.05) is 0 Å². The smallest absolute Gasteiger partial charge is 0.440 e. The van der Waals surface area contributed by atoms with Crippen LogP contribution in [0.15, 0.2) is 12.7 Å². The van der Waals surface area contributed by atoms with E-state index in [1.807, 2.05) is 0 Å². The molecule has 0 radical (unpaired) electrons. The van der Waals surface area contributed by atoms with Crippen molar-refractivity contribution in [3.63, 3.8) is 0 Å². The summed E-state index contributed by atoms with van der Waals surface area (Å²) in [4.78, 5) is 11.7. The Labute approximate surface area is 102 Å². The van der Waals surface area contributed by atoms with E-state index < -0.39 is 13.8 Å². The second kappa shape index (κ2) is 8.28. The molecule has 0 N–H and O–H groups in total. The van der Waals surface area contributed by atoms with E-state index >= 15 is 0 Å². The highest BCUT2D eigenvalue weighted by Gasteiger charge is 2.37. The first-order chi connectivity index (χ1) is 8.05. The van der Waals surface area contributed by atoms with E-state index in [9.17, 15) is 9.36 Å². The Balaban J connectivity index is 5.00. The van der Waals surface area contributed by atoms with Gasteiger partial charge in [-0.05, 0) is 20.8 Å². The van der Waals surface area contributed by atoms with Crippen molar-refractivity contribution < 1.29 is 23.1 Å². The summed E-state index contributed by atoms with van der Waals surface area (Å²) >= 11 is 0. The Morgan fingerprint density at radius 1 is 1.24 bits per heavy atom. The van der Waals surface area contributed by atoms with Gasteiger partial charge in [-0.15, -0.1) is 6.58 Å². The summed E-state index contributed by atoms with van der Waals surface area (Å²) in [5.74, 6) is 0. The maximum Gasteiger partial charge on any atom is 0.440 e. The first kappa shape index (κ1) is 16.2. The molecule has 0 aliphatic rings. The van der Waals surface area contributed by atoms with Crippen molar-refractivity contribution in [2.75, 3.05) is 26.4 Å². The molecule has 0 saturated heterocycles. The summed E-state index contributed by atoms with van der Waals surface area (Å²) in [7, 11) is -3.64. The van der Waals surface area contributed by atoms with E-state index in [1.54, 1.807) is 20.8 Å². The van der Waals surface area contributed by atoms with Crippen molar-refractivity contribution >= 4 is 13.8 Å². The molecule has 1 amide bonds. The van der Waals surface area contributed by atoms with Gasteiger partial charge in [-0.2, -0.15) is 0 Å². The molecule has 7 heteroatoms. The van der Waals surface area contributed by atoms with Crippen LogP contribution < -0.4 is 0 Å². The van der Waals surface area contributed by atoms with Crippen LogP contribution in [0.4, 0.5) is 4.79 Å². The van der Waals surface area contributed by atoms with Gasteiger partial charge in [0.1, 0.15) is 0 Å². The third-order valence-electron chi connectivity index (χ3n) is 1.66. The molecule has 17 heavy (non-hydrogen) atoms. The summed E-state index contributed by atoms with van der Waals surface area (Å²) in [5.41, 5.74) is 0. The number of hydrogen-bond donors (Lipinski definition) is 0. The molecule has 0 saturated carbocycles. The molecule has 0 bridgehead atoms. The third-order valence-corrected chi connectivity index (χ3v) is 3.75. The standard InChI is InChI=1S/C10H20NO5P/c1-5-9-11(10(12)14-6-2)17(13,15-7-3)16-8-4/h5H,1,6-9H2,2-4H3. The molecule has 0 spiro atoms. The molecule has 0 rings (SSSR count). The molecule has 0 atom stereocenters. The van der Waals surface area contributed by atoms with Crippen molar-refractivity contribution in [3.8, 4) is 0 Å². The topological polar surface area (TPSA) is 65.1 Å². The molecule has 6 nitrogen and oxygen atoms in total. The number of hydrogen-bond acceptors (Lipinski definition) is 5. The zero-order chi connectivity index (χ0) is 13.3. The fourth-order valence-corrected chi connectivity index (χ4v) is 2.68. The van der Waals surface area contributed by atoms with Gasteiger partial charge in [-0.1, -0.05) is 6.08 Å². The average molecular weight is 265 g/mol. The molecule has 100 valence electrons. The number of ether oxygens (including phenoxy) is 1. The Hall–Kier alpha value is -0.840. The maximum absolute atomic E-state index is 12.4. The van der Waals surface area contributed by atoms with Crippen molar-refractivity contribution in [2.24, 2.45) is 0 Å². The van der Waals surface area contributed by atoms with E-state index in [0.29, 0.717) is 0 Å². The van der Waals surface area contributed by atoms with Gasteiger partial charge in [0.15, 0.2) is 0 Å². The number of carbonyl (C=O) groups is 1. The first-order valence-corrected chi connectivity index (χ1v) is 7.00. The van der Waals surface area contributed by atoms with Gasteiger partial charge in [-0.3, -0.25) is 9.05 Å². The van der Waals surface area contributed by atoms with Gasteiger partial charge >= 0.3 is 13.8 Å². The molecule has 0 fully saturated rings. The summed E-state index contributed by atoms with van der Waals surface area (Å²) in [6.07, 6.45) is 0.694. The molecule has 0 unspecified atom stereocenters. The van der Waals surface area contributed by atoms with Crippen LogP contribution in [-0.4, -0.2) is 37.1 Å². The van der Waals surface area contributed by atoms with Crippen LogP contribution >= 0.6 is 7.75 Å². The lowest BCUT2D eigenvalue weighted by molar-refractivity contribution is 0.112. The summed E-state index contributed by atoms with van der Waals surface area (Å²) < 4.78 is 28.2. The van der Waals surface area contributed by atoms with E-state index in [2.05, 4.69) is 6.58 Å². The van der Waals surface area contributed by atoms with Crippen LogP contribution in [0.5, 0.6) is 0 Å². The molecular formula is C10H20NO5P. The number of carbonyl (C=O) groups excluding carboxylic acids is 1. The van der Waals surface area contributed by atoms with Crippen LogP contribution in [0.2, 0.25) is 0 Å². The zero-order valence-electron chi connectivity index (χ0n) is 10.5. The monoisotopic (exact) mass is 265 g/mol. The minimum atomic E-state index is -3.64.